The summed E-state index contributed by atoms with van der Waals surface area (Å²) in [7, 11) is 1.55. The molecule has 2 N–H and O–H groups in total. The SMILES string of the molecule is COc1ccc(C)cc1NC(=O)C(C)(C)C(=O)NCCC1=CCCCC1. The molecule has 1 aliphatic carbocycles. The summed E-state index contributed by atoms with van der Waals surface area (Å²) >= 11 is 0. The van der Waals surface area contributed by atoms with Gasteiger partial charge in [-0.15, -0.1) is 0 Å². The molecule has 0 radical (unpaired) electrons. The van der Waals surface area contributed by atoms with E-state index in [1.165, 1.54) is 18.4 Å². The van der Waals surface area contributed by atoms with Crippen molar-refractivity contribution in [2.45, 2.75) is 52.9 Å². The number of ether oxygens (including phenoxy) is 1. The van der Waals surface area contributed by atoms with Crippen LogP contribution in [-0.4, -0.2) is 25.5 Å². The number of nitrogens with one attached hydrogen (secondary N) is 2. The van der Waals surface area contributed by atoms with Gasteiger partial charge in [0.05, 0.1) is 12.8 Å². The highest BCUT2D eigenvalue weighted by Gasteiger charge is 2.36. The third-order valence-corrected chi connectivity index (χ3v) is 4.86. The van der Waals surface area contributed by atoms with Crippen molar-refractivity contribution >= 4 is 17.5 Å². The quantitative estimate of drug-likeness (QED) is 0.572. The minimum Gasteiger partial charge on any atom is -0.495 e. The minimum atomic E-state index is -1.17. The van der Waals surface area contributed by atoms with Gasteiger partial charge >= 0.3 is 0 Å². The summed E-state index contributed by atoms with van der Waals surface area (Å²) in [6.07, 6.45) is 7.87. The van der Waals surface area contributed by atoms with Gasteiger partial charge in [-0.3, -0.25) is 9.59 Å². The smallest absolute Gasteiger partial charge is 0.239 e. The lowest BCUT2D eigenvalue weighted by atomic mass is 9.90. The molecule has 2 rings (SSSR count). The molecule has 0 saturated carbocycles. The lowest BCUT2D eigenvalue weighted by Crippen LogP contribution is -2.45. The monoisotopic (exact) mass is 358 g/mol. The van der Waals surface area contributed by atoms with E-state index in [-0.39, 0.29) is 11.8 Å². The summed E-state index contributed by atoms with van der Waals surface area (Å²) in [5, 5.41) is 5.73. The summed E-state index contributed by atoms with van der Waals surface area (Å²) in [5.41, 5.74) is 1.81. The molecule has 1 aliphatic rings. The molecule has 26 heavy (non-hydrogen) atoms. The zero-order valence-electron chi connectivity index (χ0n) is 16.3. The zero-order valence-corrected chi connectivity index (χ0v) is 16.3. The van der Waals surface area contributed by atoms with E-state index < -0.39 is 5.41 Å². The molecule has 5 heteroatoms. The number of rotatable bonds is 7. The Labute approximate surface area is 156 Å². The average molecular weight is 358 g/mol. The topological polar surface area (TPSA) is 67.4 Å². The lowest BCUT2D eigenvalue weighted by Gasteiger charge is -2.24. The first-order chi connectivity index (χ1) is 12.3. The Hall–Kier alpha value is -2.30. The Morgan fingerprint density at radius 1 is 1.19 bits per heavy atom. The number of hydrogen-bond donors (Lipinski definition) is 2. The average Bonchev–Trinajstić information content (AvgIpc) is 2.62. The molecule has 142 valence electrons. The van der Waals surface area contributed by atoms with Crippen LogP contribution in [0.4, 0.5) is 5.69 Å². The largest absolute Gasteiger partial charge is 0.495 e. The van der Waals surface area contributed by atoms with Crippen LogP contribution in [0.5, 0.6) is 5.75 Å². The fourth-order valence-electron chi connectivity index (χ4n) is 2.99. The third-order valence-electron chi connectivity index (χ3n) is 4.86. The van der Waals surface area contributed by atoms with Gasteiger partial charge in [-0.25, -0.2) is 0 Å². The molecule has 2 amide bonds. The van der Waals surface area contributed by atoms with E-state index in [0.717, 1.165) is 24.8 Å². The van der Waals surface area contributed by atoms with E-state index >= 15 is 0 Å². The zero-order chi connectivity index (χ0) is 19.2. The third kappa shape index (κ3) is 5.10. The maximum absolute atomic E-state index is 12.7. The second kappa shape index (κ2) is 8.88. The maximum atomic E-state index is 12.7. The number of methoxy groups -OCH3 is 1. The van der Waals surface area contributed by atoms with Crippen LogP contribution in [0.1, 0.15) is 51.5 Å². The summed E-state index contributed by atoms with van der Waals surface area (Å²) in [4.78, 5) is 25.2. The standard InChI is InChI=1S/C21H30N2O3/c1-15-10-11-18(26-4)17(14-15)23-20(25)21(2,3)19(24)22-13-12-16-8-6-5-7-9-16/h8,10-11,14H,5-7,9,12-13H2,1-4H3,(H,22,24)(H,23,25). The highest BCUT2D eigenvalue weighted by molar-refractivity contribution is 6.10. The Morgan fingerprint density at radius 2 is 1.96 bits per heavy atom. The van der Waals surface area contributed by atoms with Crippen LogP contribution in [0, 0.1) is 12.3 Å². The summed E-state index contributed by atoms with van der Waals surface area (Å²) in [5.74, 6) is -0.0433. The fourth-order valence-corrected chi connectivity index (χ4v) is 2.99. The van der Waals surface area contributed by atoms with Crippen molar-refractivity contribution in [1.29, 1.82) is 0 Å². The Morgan fingerprint density at radius 3 is 2.62 bits per heavy atom. The number of carbonyl (C=O) groups excluding carboxylic acids is 2. The molecule has 0 heterocycles. The van der Waals surface area contributed by atoms with Crippen LogP contribution >= 0.6 is 0 Å². The van der Waals surface area contributed by atoms with Crippen molar-refractivity contribution in [2.75, 3.05) is 19.0 Å². The molecule has 1 aromatic carbocycles. The molecule has 0 spiro atoms. The number of hydrogen-bond acceptors (Lipinski definition) is 3. The van der Waals surface area contributed by atoms with Crippen LogP contribution in [0.25, 0.3) is 0 Å². The first-order valence-corrected chi connectivity index (χ1v) is 9.27. The molecule has 0 aromatic heterocycles. The predicted molar refractivity (Wildman–Crippen MR) is 104 cm³/mol. The van der Waals surface area contributed by atoms with Crippen LogP contribution in [0.2, 0.25) is 0 Å². The fraction of sp³-hybridized carbons (Fsp3) is 0.524. The van der Waals surface area contributed by atoms with Gasteiger partial charge in [0.15, 0.2) is 0 Å². The molecule has 0 unspecified atom stereocenters. The number of allylic oxidation sites excluding steroid dienone is 1. The van der Waals surface area contributed by atoms with Gasteiger partial charge in [0, 0.05) is 6.54 Å². The lowest BCUT2D eigenvalue weighted by molar-refractivity contribution is -0.138. The van der Waals surface area contributed by atoms with E-state index in [0.29, 0.717) is 18.0 Å². The van der Waals surface area contributed by atoms with Crippen molar-refractivity contribution in [3.63, 3.8) is 0 Å². The van der Waals surface area contributed by atoms with Gasteiger partial charge in [-0.2, -0.15) is 0 Å². The van der Waals surface area contributed by atoms with Crippen LogP contribution < -0.4 is 15.4 Å². The number of carbonyl (C=O) groups is 2. The molecule has 0 bridgehead atoms. The van der Waals surface area contributed by atoms with Crippen molar-refractivity contribution < 1.29 is 14.3 Å². The molecule has 0 atom stereocenters. The van der Waals surface area contributed by atoms with Gasteiger partial charge in [-0.05, 0) is 70.6 Å². The van der Waals surface area contributed by atoms with Crippen molar-refractivity contribution in [2.24, 2.45) is 5.41 Å². The van der Waals surface area contributed by atoms with E-state index in [1.807, 2.05) is 19.1 Å². The molecule has 5 nitrogen and oxygen atoms in total. The highest BCUT2D eigenvalue weighted by Crippen LogP contribution is 2.28. The summed E-state index contributed by atoms with van der Waals surface area (Å²) in [6.45, 7) is 5.78. The normalized spacial score (nSPS) is 14.4. The second-order valence-corrected chi connectivity index (χ2v) is 7.40. The van der Waals surface area contributed by atoms with Crippen molar-refractivity contribution in [3.8, 4) is 5.75 Å². The van der Waals surface area contributed by atoms with E-state index in [1.54, 1.807) is 27.0 Å². The Kier molecular flexibility index (Phi) is 6.83. The van der Waals surface area contributed by atoms with Crippen molar-refractivity contribution in [3.05, 3.63) is 35.4 Å². The van der Waals surface area contributed by atoms with Gasteiger partial charge in [0.25, 0.3) is 0 Å². The van der Waals surface area contributed by atoms with E-state index in [2.05, 4.69) is 16.7 Å². The number of anilines is 1. The molecule has 0 saturated heterocycles. The van der Waals surface area contributed by atoms with Crippen LogP contribution in [0.15, 0.2) is 29.8 Å². The Balaban J connectivity index is 1.94. The first-order valence-electron chi connectivity index (χ1n) is 9.27. The first kappa shape index (κ1) is 20.0. The summed E-state index contributed by atoms with van der Waals surface area (Å²) in [6, 6.07) is 5.54. The molecular formula is C21H30N2O3. The van der Waals surface area contributed by atoms with Crippen molar-refractivity contribution in [1.82, 2.24) is 5.32 Å². The number of aryl methyl sites for hydroxylation is 1. The molecule has 0 fully saturated rings. The van der Waals surface area contributed by atoms with Gasteiger partial charge in [0.2, 0.25) is 11.8 Å². The molecule has 1 aromatic rings. The van der Waals surface area contributed by atoms with Gasteiger partial charge in [-0.1, -0.05) is 17.7 Å². The van der Waals surface area contributed by atoms with Crippen LogP contribution in [-0.2, 0) is 9.59 Å². The second-order valence-electron chi connectivity index (χ2n) is 7.40. The maximum Gasteiger partial charge on any atom is 0.239 e. The van der Waals surface area contributed by atoms with Crippen LogP contribution in [0.3, 0.4) is 0 Å². The number of amides is 2. The molecular weight excluding hydrogens is 328 g/mol. The van der Waals surface area contributed by atoms with E-state index in [4.69, 9.17) is 4.74 Å². The minimum absolute atomic E-state index is 0.266. The van der Waals surface area contributed by atoms with Gasteiger partial charge < -0.3 is 15.4 Å². The Bertz CT molecular complexity index is 692. The van der Waals surface area contributed by atoms with Gasteiger partial charge in [0.1, 0.15) is 11.2 Å². The number of benzene rings is 1. The molecule has 0 aliphatic heterocycles. The van der Waals surface area contributed by atoms with E-state index in [9.17, 15) is 9.59 Å². The predicted octanol–water partition coefficient (Wildman–Crippen LogP) is 3.98. The highest BCUT2D eigenvalue weighted by atomic mass is 16.5. The summed E-state index contributed by atoms with van der Waals surface area (Å²) < 4.78 is 5.28.